The average Bonchev–Trinajstić information content (AvgIpc) is 2.76. The monoisotopic (exact) mass is 434 g/mol. The molecule has 10 heteroatoms. The molecule has 2 fully saturated rings. The van der Waals surface area contributed by atoms with Crippen molar-refractivity contribution < 1.29 is 17.9 Å². The largest absolute Gasteiger partial charge is 0.421 e. The third-order valence-electron chi connectivity index (χ3n) is 5.52. The minimum absolute atomic E-state index is 0.0955. The van der Waals surface area contributed by atoms with Crippen molar-refractivity contribution in [1.29, 1.82) is 5.41 Å². The Morgan fingerprint density at radius 2 is 1.74 bits per heavy atom. The second-order valence-corrected chi connectivity index (χ2v) is 7.75. The Kier molecular flexibility index (Phi) is 6.26. The molecule has 1 saturated carbocycles. The zero-order valence-electron chi connectivity index (χ0n) is 17.0. The van der Waals surface area contributed by atoms with Crippen LogP contribution in [-0.2, 0) is 10.9 Å². The molecule has 2 heterocycles. The highest BCUT2D eigenvalue weighted by Crippen LogP contribution is 2.35. The summed E-state index contributed by atoms with van der Waals surface area (Å²) < 4.78 is 45.7. The molecule has 31 heavy (non-hydrogen) atoms. The standard InChI is InChI=1S/C21H25F3N6O/c22-21(23,24)18-13-26-20(29-19(18)27-15-3-1-14(25)2-4-15)28-16-5-7-17(8-6-16)30-9-11-31-12-10-30/h5-8,13,15,25H,1-4,9-12H2,(H2,26,27,28,29). The van der Waals surface area contributed by atoms with Gasteiger partial charge in [-0.2, -0.15) is 18.2 Å². The van der Waals surface area contributed by atoms with E-state index < -0.39 is 11.7 Å². The van der Waals surface area contributed by atoms with Crippen molar-refractivity contribution >= 4 is 28.9 Å². The van der Waals surface area contributed by atoms with Crippen molar-refractivity contribution in [3.8, 4) is 0 Å². The summed E-state index contributed by atoms with van der Waals surface area (Å²) in [6, 6.07) is 7.46. The lowest BCUT2D eigenvalue weighted by Crippen LogP contribution is -2.36. The summed E-state index contributed by atoms with van der Waals surface area (Å²) in [5.74, 6) is -0.133. The molecular weight excluding hydrogens is 409 g/mol. The Morgan fingerprint density at radius 1 is 1.06 bits per heavy atom. The minimum atomic E-state index is -4.55. The number of ether oxygens (including phenoxy) is 1. The predicted molar refractivity (Wildman–Crippen MR) is 113 cm³/mol. The zero-order chi connectivity index (χ0) is 21.8. The maximum absolute atomic E-state index is 13.5. The van der Waals surface area contributed by atoms with Gasteiger partial charge in [-0.25, -0.2) is 4.98 Å². The topological polar surface area (TPSA) is 86.2 Å². The summed E-state index contributed by atoms with van der Waals surface area (Å²) in [5, 5.41) is 13.6. The lowest BCUT2D eigenvalue weighted by atomic mass is 9.94. The van der Waals surface area contributed by atoms with Crippen molar-refractivity contribution in [3.05, 3.63) is 36.0 Å². The highest BCUT2D eigenvalue weighted by atomic mass is 19.4. The van der Waals surface area contributed by atoms with E-state index in [4.69, 9.17) is 10.1 Å². The van der Waals surface area contributed by atoms with Gasteiger partial charge in [0.1, 0.15) is 11.4 Å². The van der Waals surface area contributed by atoms with E-state index in [1.165, 1.54) is 0 Å². The van der Waals surface area contributed by atoms with Crippen LogP contribution in [-0.4, -0.2) is 48.0 Å². The van der Waals surface area contributed by atoms with E-state index in [9.17, 15) is 13.2 Å². The Balaban J connectivity index is 1.49. The van der Waals surface area contributed by atoms with E-state index in [0.29, 0.717) is 50.3 Å². The average molecular weight is 434 g/mol. The maximum atomic E-state index is 13.5. The molecule has 1 aliphatic heterocycles. The Hall–Kier alpha value is -2.88. The fraction of sp³-hybridized carbons (Fsp3) is 0.476. The lowest BCUT2D eigenvalue weighted by Gasteiger charge is -2.29. The molecule has 7 nitrogen and oxygen atoms in total. The summed E-state index contributed by atoms with van der Waals surface area (Å²) in [7, 11) is 0. The van der Waals surface area contributed by atoms with E-state index >= 15 is 0 Å². The van der Waals surface area contributed by atoms with E-state index in [0.717, 1.165) is 25.0 Å². The van der Waals surface area contributed by atoms with Crippen LogP contribution >= 0.6 is 0 Å². The number of anilines is 4. The molecule has 0 radical (unpaired) electrons. The minimum Gasteiger partial charge on any atom is -0.378 e. The summed E-state index contributed by atoms with van der Waals surface area (Å²) in [6.45, 7) is 3.03. The van der Waals surface area contributed by atoms with Gasteiger partial charge in [0, 0.05) is 42.4 Å². The molecule has 0 atom stereocenters. The first-order chi connectivity index (χ1) is 14.9. The molecule has 0 unspecified atom stereocenters. The van der Waals surface area contributed by atoms with E-state index in [-0.39, 0.29) is 17.8 Å². The Morgan fingerprint density at radius 3 is 2.39 bits per heavy atom. The van der Waals surface area contributed by atoms with Crippen LogP contribution in [0.5, 0.6) is 0 Å². The number of halogens is 3. The molecule has 0 amide bonds. The predicted octanol–water partition coefficient (Wildman–Crippen LogP) is 4.45. The summed E-state index contributed by atoms with van der Waals surface area (Å²) in [5.41, 5.74) is 1.50. The number of hydrogen-bond acceptors (Lipinski definition) is 7. The molecule has 166 valence electrons. The van der Waals surface area contributed by atoms with Crippen molar-refractivity contribution in [2.45, 2.75) is 37.9 Å². The fourth-order valence-corrected chi connectivity index (χ4v) is 3.77. The number of benzene rings is 1. The van der Waals surface area contributed by atoms with Crippen LogP contribution in [0.4, 0.5) is 36.3 Å². The molecule has 1 aromatic carbocycles. The SMILES string of the molecule is N=C1CCC(Nc2nc(Nc3ccc(N4CCOCC4)cc3)ncc2C(F)(F)F)CC1. The van der Waals surface area contributed by atoms with Gasteiger partial charge in [-0.3, -0.25) is 0 Å². The molecule has 2 aliphatic rings. The zero-order valence-corrected chi connectivity index (χ0v) is 17.0. The summed E-state index contributed by atoms with van der Waals surface area (Å²) >= 11 is 0. The van der Waals surface area contributed by atoms with Gasteiger partial charge >= 0.3 is 6.18 Å². The Labute approximate surface area is 178 Å². The second kappa shape index (κ2) is 9.09. The first-order valence-corrected chi connectivity index (χ1v) is 10.4. The van der Waals surface area contributed by atoms with Crippen LogP contribution < -0.4 is 15.5 Å². The van der Waals surface area contributed by atoms with Crippen molar-refractivity contribution in [1.82, 2.24) is 9.97 Å². The van der Waals surface area contributed by atoms with Crippen LogP contribution in [0, 0.1) is 5.41 Å². The molecule has 2 aromatic rings. The highest BCUT2D eigenvalue weighted by molar-refractivity contribution is 5.82. The number of nitrogens with zero attached hydrogens (tertiary/aromatic N) is 3. The third-order valence-corrected chi connectivity index (χ3v) is 5.52. The number of hydrogen-bond donors (Lipinski definition) is 3. The van der Waals surface area contributed by atoms with Gasteiger partial charge in [-0.15, -0.1) is 0 Å². The Bertz CT molecular complexity index is 902. The second-order valence-electron chi connectivity index (χ2n) is 7.75. The van der Waals surface area contributed by atoms with Crippen LogP contribution in [0.2, 0.25) is 0 Å². The maximum Gasteiger partial charge on any atom is 0.421 e. The first-order valence-electron chi connectivity index (χ1n) is 10.4. The highest BCUT2D eigenvalue weighted by Gasteiger charge is 2.36. The lowest BCUT2D eigenvalue weighted by molar-refractivity contribution is -0.137. The normalized spacial score (nSPS) is 19.9. The molecule has 4 rings (SSSR count). The van der Waals surface area contributed by atoms with Gasteiger partial charge in [0.05, 0.1) is 13.2 Å². The van der Waals surface area contributed by atoms with Crippen molar-refractivity contribution in [2.75, 3.05) is 41.8 Å². The number of nitrogens with one attached hydrogen (secondary N) is 3. The third kappa shape index (κ3) is 5.43. The number of morpholine rings is 1. The van der Waals surface area contributed by atoms with Gasteiger partial charge in [-0.1, -0.05) is 0 Å². The molecular formula is C21H25F3N6O. The molecule has 0 spiro atoms. The summed E-state index contributed by atoms with van der Waals surface area (Å²) in [6.07, 6.45) is -1.33. The van der Waals surface area contributed by atoms with Crippen molar-refractivity contribution in [2.24, 2.45) is 0 Å². The van der Waals surface area contributed by atoms with Crippen LogP contribution in [0.25, 0.3) is 0 Å². The summed E-state index contributed by atoms with van der Waals surface area (Å²) in [4.78, 5) is 10.2. The van der Waals surface area contributed by atoms with Gasteiger partial charge in [-0.05, 0) is 49.9 Å². The van der Waals surface area contributed by atoms with Crippen LogP contribution in [0.3, 0.4) is 0 Å². The molecule has 1 aromatic heterocycles. The van der Waals surface area contributed by atoms with Crippen LogP contribution in [0.1, 0.15) is 31.2 Å². The van der Waals surface area contributed by atoms with E-state index in [2.05, 4.69) is 25.5 Å². The van der Waals surface area contributed by atoms with E-state index in [1.54, 1.807) is 0 Å². The van der Waals surface area contributed by atoms with Crippen molar-refractivity contribution in [3.63, 3.8) is 0 Å². The van der Waals surface area contributed by atoms with E-state index in [1.807, 2.05) is 24.3 Å². The molecule has 1 aliphatic carbocycles. The van der Waals surface area contributed by atoms with Gasteiger partial charge in [0.2, 0.25) is 5.95 Å². The van der Waals surface area contributed by atoms with Gasteiger partial charge < -0.3 is 25.7 Å². The van der Waals surface area contributed by atoms with Crippen LogP contribution in [0.15, 0.2) is 30.5 Å². The molecule has 1 saturated heterocycles. The fourth-order valence-electron chi connectivity index (χ4n) is 3.77. The number of alkyl halides is 3. The number of rotatable bonds is 5. The smallest absolute Gasteiger partial charge is 0.378 e. The van der Waals surface area contributed by atoms with Gasteiger partial charge in [0.25, 0.3) is 0 Å². The van der Waals surface area contributed by atoms with Gasteiger partial charge in [0.15, 0.2) is 0 Å². The number of aromatic nitrogens is 2. The quantitative estimate of drug-likeness (QED) is 0.645. The molecule has 0 bridgehead atoms. The first kappa shape index (κ1) is 21.4. The molecule has 3 N–H and O–H groups in total.